The smallest absolute Gasteiger partial charge is 0.115 e. The summed E-state index contributed by atoms with van der Waals surface area (Å²) in [5.41, 5.74) is 0. The molecule has 2 radical (unpaired) electrons. The standard InChI is InChI=1S/C6H6O.2Na/c7-6-4-2-1-3-5-6;;/h1-5,7H;;. The largest absolute Gasteiger partial charge is 0.508 e. The Hall–Kier alpha value is 1.02. The molecule has 0 atom stereocenters. The average Bonchev–Trinajstić information content (AvgIpc) is 1.69. The second-order valence-corrected chi connectivity index (χ2v) is 1.34. The Morgan fingerprint density at radius 3 is 1.56 bits per heavy atom. The molecule has 0 amide bonds. The molecule has 0 bridgehead atoms. The fourth-order valence-corrected chi connectivity index (χ4v) is 0.428. The Morgan fingerprint density at radius 1 is 0.889 bits per heavy atom. The molecule has 3 heteroatoms. The molecule has 1 aromatic rings. The quantitative estimate of drug-likeness (QED) is 0.524. The molecule has 38 valence electrons. The van der Waals surface area contributed by atoms with Gasteiger partial charge in [-0.2, -0.15) is 0 Å². The fraction of sp³-hybridized carbons (Fsp3) is 0. The molecule has 1 nitrogen and oxygen atoms in total. The van der Waals surface area contributed by atoms with Crippen LogP contribution in [0.1, 0.15) is 0 Å². The molecule has 0 saturated heterocycles. The van der Waals surface area contributed by atoms with Crippen molar-refractivity contribution in [2.75, 3.05) is 0 Å². The first-order valence-corrected chi connectivity index (χ1v) is 2.13. The van der Waals surface area contributed by atoms with E-state index in [4.69, 9.17) is 5.11 Å². The maximum Gasteiger partial charge on any atom is 0.115 e. The third kappa shape index (κ3) is 5.46. The van der Waals surface area contributed by atoms with Crippen LogP contribution >= 0.6 is 0 Å². The molecule has 1 N–H and O–H groups in total. The van der Waals surface area contributed by atoms with Crippen molar-refractivity contribution in [1.29, 1.82) is 0 Å². The van der Waals surface area contributed by atoms with Crippen LogP contribution in [0.15, 0.2) is 30.3 Å². The molecule has 0 saturated carbocycles. The van der Waals surface area contributed by atoms with Crippen molar-refractivity contribution < 1.29 is 5.11 Å². The summed E-state index contributed by atoms with van der Waals surface area (Å²) in [6.07, 6.45) is 0. The van der Waals surface area contributed by atoms with E-state index in [9.17, 15) is 0 Å². The van der Waals surface area contributed by atoms with Gasteiger partial charge in [0.25, 0.3) is 0 Å². The first-order chi connectivity index (χ1) is 3.39. The van der Waals surface area contributed by atoms with Crippen molar-refractivity contribution in [2.24, 2.45) is 0 Å². The van der Waals surface area contributed by atoms with E-state index < -0.39 is 0 Å². The number of phenolic OH excluding ortho intramolecular Hbond substituents is 1. The van der Waals surface area contributed by atoms with E-state index in [2.05, 4.69) is 0 Å². The zero-order valence-corrected chi connectivity index (χ0v) is 9.83. The van der Waals surface area contributed by atoms with Gasteiger partial charge in [-0.1, -0.05) is 18.2 Å². The average molecular weight is 140 g/mol. The second kappa shape index (κ2) is 7.13. The third-order valence-electron chi connectivity index (χ3n) is 0.756. The third-order valence-corrected chi connectivity index (χ3v) is 0.756. The molecule has 1 rings (SSSR count). The molecule has 9 heavy (non-hydrogen) atoms. The molecule has 0 unspecified atom stereocenters. The SMILES string of the molecule is Oc1ccccc1.[Na].[Na]. The van der Waals surface area contributed by atoms with Gasteiger partial charge in [0.05, 0.1) is 0 Å². The van der Waals surface area contributed by atoms with E-state index in [0.717, 1.165) is 0 Å². The van der Waals surface area contributed by atoms with Crippen molar-refractivity contribution in [2.45, 2.75) is 0 Å². The van der Waals surface area contributed by atoms with Gasteiger partial charge in [0.2, 0.25) is 0 Å². The molecule has 0 heterocycles. The summed E-state index contributed by atoms with van der Waals surface area (Å²) in [5.74, 6) is 0.322. The van der Waals surface area contributed by atoms with Crippen LogP contribution in [0.3, 0.4) is 0 Å². The Kier molecular flexibility index (Phi) is 10.0. The summed E-state index contributed by atoms with van der Waals surface area (Å²) >= 11 is 0. The molecule has 0 aromatic heterocycles. The number of phenols is 1. The van der Waals surface area contributed by atoms with E-state index in [1.54, 1.807) is 24.3 Å². The Balaban J connectivity index is 0. The van der Waals surface area contributed by atoms with E-state index >= 15 is 0 Å². The Labute approximate surface area is 99.1 Å². The summed E-state index contributed by atoms with van der Waals surface area (Å²) in [4.78, 5) is 0. The predicted molar refractivity (Wildman–Crippen MR) is 39.6 cm³/mol. The van der Waals surface area contributed by atoms with Gasteiger partial charge in [0, 0.05) is 59.1 Å². The van der Waals surface area contributed by atoms with Crippen LogP contribution in [0, 0.1) is 0 Å². The zero-order chi connectivity index (χ0) is 5.11. The molecule has 0 aliphatic rings. The minimum absolute atomic E-state index is 0. The summed E-state index contributed by atoms with van der Waals surface area (Å²) in [6.45, 7) is 0. The van der Waals surface area contributed by atoms with E-state index in [-0.39, 0.29) is 59.1 Å². The molecular weight excluding hydrogens is 134 g/mol. The minimum atomic E-state index is 0. The normalized spacial score (nSPS) is 6.67. The van der Waals surface area contributed by atoms with Crippen LogP contribution in [0.4, 0.5) is 0 Å². The molecule has 0 fully saturated rings. The van der Waals surface area contributed by atoms with Crippen molar-refractivity contribution in [1.82, 2.24) is 0 Å². The van der Waals surface area contributed by atoms with E-state index in [0.29, 0.717) is 5.75 Å². The van der Waals surface area contributed by atoms with Gasteiger partial charge < -0.3 is 5.11 Å². The van der Waals surface area contributed by atoms with Gasteiger partial charge in [-0.25, -0.2) is 0 Å². The van der Waals surface area contributed by atoms with Crippen molar-refractivity contribution >= 4 is 59.1 Å². The van der Waals surface area contributed by atoms with Crippen LogP contribution in [0.25, 0.3) is 0 Å². The molecule has 0 aliphatic heterocycles. The van der Waals surface area contributed by atoms with Gasteiger partial charge in [-0.05, 0) is 12.1 Å². The van der Waals surface area contributed by atoms with Gasteiger partial charge in [0.15, 0.2) is 0 Å². The van der Waals surface area contributed by atoms with Crippen LogP contribution in [0.5, 0.6) is 5.75 Å². The fourth-order valence-electron chi connectivity index (χ4n) is 0.428. The van der Waals surface area contributed by atoms with E-state index in [1.165, 1.54) is 0 Å². The number of benzene rings is 1. The number of hydrogen-bond acceptors (Lipinski definition) is 1. The maximum absolute atomic E-state index is 8.63. The van der Waals surface area contributed by atoms with Gasteiger partial charge in [0.1, 0.15) is 5.75 Å². The topological polar surface area (TPSA) is 20.2 Å². The van der Waals surface area contributed by atoms with Crippen molar-refractivity contribution in [3.05, 3.63) is 30.3 Å². The summed E-state index contributed by atoms with van der Waals surface area (Å²) in [6, 6.07) is 8.71. The first-order valence-electron chi connectivity index (χ1n) is 2.13. The summed E-state index contributed by atoms with van der Waals surface area (Å²) in [5, 5.41) is 8.63. The van der Waals surface area contributed by atoms with Crippen LogP contribution in [-0.4, -0.2) is 64.2 Å². The Morgan fingerprint density at radius 2 is 1.33 bits per heavy atom. The second-order valence-electron chi connectivity index (χ2n) is 1.34. The van der Waals surface area contributed by atoms with Gasteiger partial charge in [-0.3, -0.25) is 0 Å². The van der Waals surface area contributed by atoms with Crippen LogP contribution < -0.4 is 0 Å². The molecule has 0 spiro atoms. The Bertz CT molecular complexity index is 141. The number of para-hydroxylation sites is 1. The van der Waals surface area contributed by atoms with Crippen LogP contribution in [-0.2, 0) is 0 Å². The maximum atomic E-state index is 8.63. The van der Waals surface area contributed by atoms with Crippen LogP contribution in [0.2, 0.25) is 0 Å². The monoisotopic (exact) mass is 140 g/mol. The first kappa shape index (κ1) is 12.7. The molecule has 1 aromatic carbocycles. The molecule has 0 aliphatic carbocycles. The summed E-state index contributed by atoms with van der Waals surface area (Å²) in [7, 11) is 0. The van der Waals surface area contributed by atoms with Gasteiger partial charge in [-0.15, -0.1) is 0 Å². The van der Waals surface area contributed by atoms with E-state index in [1.807, 2.05) is 6.07 Å². The predicted octanol–water partition coefficient (Wildman–Crippen LogP) is 0.631. The summed E-state index contributed by atoms with van der Waals surface area (Å²) < 4.78 is 0. The number of rotatable bonds is 0. The van der Waals surface area contributed by atoms with Crippen molar-refractivity contribution in [3.8, 4) is 5.75 Å². The molecular formula is C6H6Na2O. The number of hydrogen-bond donors (Lipinski definition) is 1. The number of aromatic hydroxyl groups is 1. The van der Waals surface area contributed by atoms with Gasteiger partial charge >= 0.3 is 0 Å². The van der Waals surface area contributed by atoms with Crippen molar-refractivity contribution in [3.63, 3.8) is 0 Å². The minimum Gasteiger partial charge on any atom is -0.508 e. The zero-order valence-electron chi connectivity index (χ0n) is 5.83.